The van der Waals surface area contributed by atoms with Crippen molar-refractivity contribution >= 4 is 12.1 Å². The number of nitrogens with two attached hydrogens (primary N) is 1. The number of rotatable bonds is 1. The van der Waals surface area contributed by atoms with Crippen molar-refractivity contribution in [2.45, 2.75) is 31.7 Å². The van der Waals surface area contributed by atoms with Crippen molar-refractivity contribution in [3.63, 3.8) is 0 Å². The summed E-state index contributed by atoms with van der Waals surface area (Å²) in [6, 6.07) is 0.250. The Balaban J connectivity index is 2.10. The van der Waals surface area contributed by atoms with Crippen LogP contribution in [0.2, 0.25) is 0 Å². The van der Waals surface area contributed by atoms with Gasteiger partial charge in [-0.2, -0.15) is 5.10 Å². The van der Waals surface area contributed by atoms with Gasteiger partial charge in [0.2, 0.25) is 5.91 Å². The Morgan fingerprint density at radius 1 is 1.46 bits per heavy atom. The van der Waals surface area contributed by atoms with Crippen molar-refractivity contribution in [1.29, 1.82) is 0 Å². The van der Waals surface area contributed by atoms with Crippen LogP contribution < -0.4 is 5.73 Å². The minimum absolute atomic E-state index is 0.155. The van der Waals surface area contributed by atoms with Gasteiger partial charge >= 0.3 is 0 Å². The number of hydrazone groups is 1. The van der Waals surface area contributed by atoms with E-state index in [9.17, 15) is 4.79 Å². The number of hydrogen-bond acceptors (Lipinski definition) is 3. The molecule has 0 aromatic carbocycles. The van der Waals surface area contributed by atoms with Gasteiger partial charge in [-0.05, 0) is 12.8 Å². The smallest absolute Gasteiger partial charge is 0.228 e. The molecule has 4 heteroatoms. The molecular weight excluding hydrogens is 166 g/mol. The monoisotopic (exact) mass is 181 g/mol. The zero-order valence-corrected chi connectivity index (χ0v) is 7.65. The number of hydrogen-bond donors (Lipinski definition) is 1. The second-order valence-electron chi connectivity index (χ2n) is 3.77. The van der Waals surface area contributed by atoms with Gasteiger partial charge in [0.15, 0.2) is 0 Å². The Bertz CT molecular complexity index is 239. The fourth-order valence-corrected chi connectivity index (χ4v) is 2.15. The molecular formula is C9H15N3O. The van der Waals surface area contributed by atoms with Gasteiger partial charge in [0, 0.05) is 12.8 Å². The zero-order valence-electron chi connectivity index (χ0n) is 7.65. The topological polar surface area (TPSA) is 58.7 Å². The van der Waals surface area contributed by atoms with E-state index in [0.717, 1.165) is 13.0 Å². The van der Waals surface area contributed by atoms with E-state index in [4.69, 9.17) is 5.73 Å². The first-order chi connectivity index (χ1) is 6.29. The molecule has 2 unspecified atom stereocenters. The largest absolute Gasteiger partial charge is 0.369 e. The first kappa shape index (κ1) is 8.53. The predicted molar refractivity (Wildman–Crippen MR) is 50.1 cm³/mol. The van der Waals surface area contributed by atoms with Gasteiger partial charge in [-0.25, -0.2) is 0 Å². The van der Waals surface area contributed by atoms with Gasteiger partial charge in [-0.15, -0.1) is 0 Å². The molecule has 2 N–H and O–H groups in total. The molecule has 2 atom stereocenters. The van der Waals surface area contributed by atoms with Gasteiger partial charge in [-0.3, -0.25) is 9.80 Å². The molecule has 72 valence electrons. The van der Waals surface area contributed by atoms with E-state index in [-0.39, 0.29) is 17.9 Å². The number of carbonyl (C=O) groups excluding carboxylic acids is 1. The van der Waals surface area contributed by atoms with Crippen LogP contribution in [0.4, 0.5) is 0 Å². The minimum atomic E-state index is -0.238. The molecule has 1 fully saturated rings. The average Bonchev–Trinajstić information content (AvgIpc) is 2.36. The number of amides is 1. The summed E-state index contributed by atoms with van der Waals surface area (Å²) in [7, 11) is 0. The number of fused-ring (bicyclic) bond motifs is 1. The molecule has 0 spiro atoms. The molecule has 0 bridgehead atoms. The number of primary amides is 1. The van der Waals surface area contributed by atoms with E-state index in [1.807, 2.05) is 5.01 Å². The standard InChI is InChI=1S/C9H15N3O/c10-9(13)7-6-11-12-5-3-1-2-4-8(7)12/h6-8H,1-5H2,(H2,10,13). The highest BCUT2D eigenvalue weighted by atomic mass is 16.1. The fraction of sp³-hybridized carbons (Fsp3) is 0.778. The maximum absolute atomic E-state index is 11.1. The Morgan fingerprint density at radius 2 is 2.31 bits per heavy atom. The van der Waals surface area contributed by atoms with Crippen LogP contribution in [0.3, 0.4) is 0 Å². The molecule has 0 aromatic rings. The maximum Gasteiger partial charge on any atom is 0.228 e. The lowest BCUT2D eigenvalue weighted by molar-refractivity contribution is -0.121. The molecule has 1 saturated heterocycles. The van der Waals surface area contributed by atoms with Gasteiger partial charge in [0.05, 0.1) is 12.0 Å². The Hall–Kier alpha value is -1.06. The van der Waals surface area contributed by atoms with Crippen LogP contribution in [-0.4, -0.2) is 29.7 Å². The Kier molecular flexibility index (Phi) is 2.20. The summed E-state index contributed by atoms with van der Waals surface area (Å²) in [5.41, 5.74) is 5.30. The molecule has 4 nitrogen and oxygen atoms in total. The first-order valence-corrected chi connectivity index (χ1v) is 4.89. The van der Waals surface area contributed by atoms with Crippen molar-refractivity contribution in [1.82, 2.24) is 5.01 Å². The maximum atomic E-state index is 11.1. The van der Waals surface area contributed by atoms with Crippen LogP contribution in [0.1, 0.15) is 25.7 Å². The van der Waals surface area contributed by atoms with E-state index in [1.165, 1.54) is 19.3 Å². The van der Waals surface area contributed by atoms with Crippen LogP contribution in [0, 0.1) is 5.92 Å². The van der Waals surface area contributed by atoms with Crippen LogP contribution in [0.25, 0.3) is 0 Å². The van der Waals surface area contributed by atoms with E-state index in [1.54, 1.807) is 6.21 Å². The lowest BCUT2D eigenvalue weighted by atomic mass is 9.97. The average molecular weight is 181 g/mol. The van der Waals surface area contributed by atoms with Crippen molar-refractivity contribution in [3.8, 4) is 0 Å². The van der Waals surface area contributed by atoms with Gasteiger partial charge in [0.25, 0.3) is 0 Å². The van der Waals surface area contributed by atoms with Gasteiger partial charge in [0.1, 0.15) is 0 Å². The quantitative estimate of drug-likeness (QED) is 0.633. The van der Waals surface area contributed by atoms with Crippen molar-refractivity contribution in [3.05, 3.63) is 0 Å². The van der Waals surface area contributed by atoms with E-state index in [2.05, 4.69) is 5.10 Å². The molecule has 1 amide bonds. The van der Waals surface area contributed by atoms with E-state index in [0.29, 0.717) is 0 Å². The molecule has 2 heterocycles. The minimum Gasteiger partial charge on any atom is -0.369 e. The molecule has 13 heavy (non-hydrogen) atoms. The fourth-order valence-electron chi connectivity index (χ4n) is 2.15. The Morgan fingerprint density at radius 3 is 3.08 bits per heavy atom. The number of nitrogens with zero attached hydrogens (tertiary/aromatic N) is 2. The Labute approximate surface area is 77.8 Å². The molecule has 0 saturated carbocycles. The summed E-state index contributed by atoms with van der Waals surface area (Å²) in [6.45, 7) is 0.977. The summed E-state index contributed by atoms with van der Waals surface area (Å²) in [4.78, 5) is 11.1. The van der Waals surface area contributed by atoms with Gasteiger partial charge in [-0.1, -0.05) is 12.8 Å². The molecule has 0 aliphatic carbocycles. The number of carbonyl (C=O) groups is 1. The zero-order chi connectivity index (χ0) is 9.26. The summed E-state index contributed by atoms with van der Waals surface area (Å²) in [5.74, 6) is -0.392. The molecule has 2 rings (SSSR count). The summed E-state index contributed by atoms with van der Waals surface area (Å²) >= 11 is 0. The normalized spacial score (nSPS) is 32.8. The highest BCUT2D eigenvalue weighted by Crippen LogP contribution is 2.26. The summed E-state index contributed by atoms with van der Waals surface area (Å²) in [6.07, 6.45) is 6.37. The van der Waals surface area contributed by atoms with E-state index >= 15 is 0 Å². The second-order valence-corrected chi connectivity index (χ2v) is 3.77. The van der Waals surface area contributed by atoms with E-state index < -0.39 is 0 Å². The molecule has 2 aliphatic rings. The third kappa shape index (κ3) is 1.53. The van der Waals surface area contributed by atoms with Crippen molar-refractivity contribution < 1.29 is 4.79 Å². The van der Waals surface area contributed by atoms with Crippen molar-refractivity contribution in [2.24, 2.45) is 16.8 Å². The first-order valence-electron chi connectivity index (χ1n) is 4.89. The molecule has 2 aliphatic heterocycles. The predicted octanol–water partition coefficient (Wildman–Crippen LogP) is 0.332. The van der Waals surface area contributed by atoms with Crippen LogP contribution in [0.15, 0.2) is 5.10 Å². The third-order valence-electron chi connectivity index (χ3n) is 2.89. The van der Waals surface area contributed by atoms with Crippen LogP contribution in [0.5, 0.6) is 0 Å². The third-order valence-corrected chi connectivity index (χ3v) is 2.89. The van der Waals surface area contributed by atoms with Crippen LogP contribution in [-0.2, 0) is 4.79 Å². The lowest BCUT2D eigenvalue weighted by Gasteiger charge is -2.23. The highest BCUT2D eigenvalue weighted by Gasteiger charge is 2.34. The summed E-state index contributed by atoms with van der Waals surface area (Å²) < 4.78 is 0. The lowest BCUT2D eigenvalue weighted by Crippen LogP contribution is -2.38. The molecule has 0 aromatic heterocycles. The van der Waals surface area contributed by atoms with Gasteiger partial charge < -0.3 is 5.73 Å². The summed E-state index contributed by atoms with van der Waals surface area (Å²) in [5, 5.41) is 6.26. The molecule has 0 radical (unpaired) electrons. The second kappa shape index (κ2) is 3.36. The highest BCUT2D eigenvalue weighted by molar-refractivity contribution is 5.94. The SMILES string of the molecule is NC(=O)C1C=NN2CCCCCC12. The van der Waals surface area contributed by atoms with Crippen LogP contribution >= 0.6 is 0 Å². The van der Waals surface area contributed by atoms with Crippen molar-refractivity contribution in [2.75, 3.05) is 6.54 Å².